The van der Waals surface area contributed by atoms with E-state index >= 15 is 0 Å². The Kier molecular flexibility index (Phi) is 5.61. The van der Waals surface area contributed by atoms with Crippen molar-refractivity contribution >= 4 is 11.4 Å². The monoisotopic (exact) mass is 444 g/mol. The number of allylic oxidation sites excluding steroid dienone is 5. The first-order valence-electron chi connectivity index (χ1n) is 12.5. The van der Waals surface area contributed by atoms with Gasteiger partial charge in [-0.3, -0.25) is 4.79 Å². The van der Waals surface area contributed by atoms with Crippen LogP contribution >= 0.6 is 0 Å². The minimum atomic E-state index is -0.898. The van der Waals surface area contributed by atoms with E-state index in [4.69, 9.17) is 0 Å². The van der Waals surface area contributed by atoms with Crippen molar-refractivity contribution in [2.24, 2.45) is 17.3 Å². The number of hydrogen-bond donors (Lipinski definition) is 2. The van der Waals surface area contributed by atoms with Crippen LogP contribution in [0.25, 0.3) is 5.57 Å². The SMILES string of the molecule is C=C(C)c1ccc([C@H]2C[C@@]3(C)[C@@H](CC[C@@]3(O)/C=C\CO)[C@@H]3CCC4=CC(=O)CCC4=C32)cc1. The maximum atomic E-state index is 12.2. The van der Waals surface area contributed by atoms with E-state index in [9.17, 15) is 15.0 Å². The standard InChI is InChI=1S/C30H36O3/c1-19(2)20-5-7-21(8-6-20)26-18-29(3)27(13-15-30(29,33)14-4-16-31)25-11-9-22-17-23(32)10-12-24(22)28(25)26/h4-8,14,17,25-27,31,33H,1,9-13,15-16,18H2,2-3H3/b14-4-/t25-,26+,27-,29-,30-/m0/s1. The maximum Gasteiger partial charge on any atom is 0.156 e. The van der Waals surface area contributed by atoms with Gasteiger partial charge in [-0.05, 0) is 85.6 Å². The van der Waals surface area contributed by atoms with Gasteiger partial charge >= 0.3 is 0 Å². The van der Waals surface area contributed by atoms with E-state index in [-0.39, 0.29) is 23.7 Å². The zero-order valence-electron chi connectivity index (χ0n) is 19.9. The Balaban J connectivity index is 1.66. The molecule has 5 rings (SSSR count). The summed E-state index contributed by atoms with van der Waals surface area (Å²) in [7, 11) is 0. The Morgan fingerprint density at radius 2 is 1.94 bits per heavy atom. The molecule has 2 fully saturated rings. The van der Waals surface area contributed by atoms with Gasteiger partial charge in [-0.25, -0.2) is 0 Å². The second kappa shape index (κ2) is 8.21. The first-order valence-corrected chi connectivity index (χ1v) is 12.5. The van der Waals surface area contributed by atoms with Crippen molar-refractivity contribution in [3.63, 3.8) is 0 Å². The molecule has 174 valence electrons. The Labute approximate surface area is 197 Å². The highest BCUT2D eigenvalue weighted by molar-refractivity contribution is 5.93. The molecule has 4 aliphatic carbocycles. The van der Waals surface area contributed by atoms with Crippen molar-refractivity contribution in [1.82, 2.24) is 0 Å². The lowest BCUT2D eigenvalue weighted by atomic mass is 9.51. The van der Waals surface area contributed by atoms with Gasteiger partial charge in [0, 0.05) is 17.8 Å². The number of fused-ring (bicyclic) bond motifs is 4. The summed E-state index contributed by atoms with van der Waals surface area (Å²) in [6.07, 6.45) is 11.6. The van der Waals surface area contributed by atoms with Crippen molar-refractivity contribution in [2.75, 3.05) is 6.61 Å². The zero-order valence-corrected chi connectivity index (χ0v) is 19.9. The molecule has 1 aromatic rings. The smallest absolute Gasteiger partial charge is 0.156 e. The molecule has 0 heterocycles. The van der Waals surface area contributed by atoms with Gasteiger partial charge < -0.3 is 10.2 Å². The summed E-state index contributed by atoms with van der Waals surface area (Å²) < 4.78 is 0. The topological polar surface area (TPSA) is 57.5 Å². The lowest BCUT2D eigenvalue weighted by Gasteiger charge is -2.54. The van der Waals surface area contributed by atoms with E-state index in [0.717, 1.165) is 49.7 Å². The highest BCUT2D eigenvalue weighted by Gasteiger charge is 2.61. The fourth-order valence-electron chi connectivity index (χ4n) is 7.52. The second-order valence-corrected chi connectivity index (χ2v) is 10.9. The summed E-state index contributed by atoms with van der Waals surface area (Å²) in [6.45, 7) is 8.35. The van der Waals surface area contributed by atoms with Crippen LogP contribution in [0.5, 0.6) is 0 Å². The highest BCUT2D eigenvalue weighted by Crippen LogP contribution is 2.67. The van der Waals surface area contributed by atoms with Gasteiger partial charge in [0.1, 0.15) is 0 Å². The van der Waals surface area contributed by atoms with Gasteiger partial charge in [0.15, 0.2) is 5.78 Å². The number of benzene rings is 1. The zero-order chi connectivity index (χ0) is 23.4. The number of aliphatic hydroxyl groups is 2. The van der Waals surface area contributed by atoms with E-state index in [1.165, 1.54) is 16.7 Å². The molecule has 0 bridgehead atoms. The van der Waals surface area contributed by atoms with Crippen molar-refractivity contribution < 1.29 is 15.0 Å². The van der Waals surface area contributed by atoms with Crippen molar-refractivity contribution in [3.05, 3.63) is 76.9 Å². The van der Waals surface area contributed by atoms with Crippen molar-refractivity contribution in [1.29, 1.82) is 0 Å². The van der Waals surface area contributed by atoms with Crippen molar-refractivity contribution in [3.8, 4) is 0 Å². The molecule has 1 aromatic carbocycles. The Bertz CT molecular complexity index is 1070. The number of aliphatic hydroxyl groups excluding tert-OH is 1. The maximum absolute atomic E-state index is 12.2. The van der Waals surface area contributed by atoms with Crippen LogP contribution in [0.2, 0.25) is 0 Å². The van der Waals surface area contributed by atoms with Gasteiger partial charge in [-0.1, -0.05) is 61.1 Å². The molecule has 0 aromatic heterocycles. The molecule has 3 heteroatoms. The average Bonchev–Trinajstić information content (AvgIpc) is 3.07. The van der Waals surface area contributed by atoms with E-state index in [1.54, 1.807) is 11.6 Å². The van der Waals surface area contributed by atoms with Crippen LogP contribution in [0.3, 0.4) is 0 Å². The van der Waals surface area contributed by atoms with Gasteiger partial charge in [0.25, 0.3) is 0 Å². The number of carbonyl (C=O) groups excluding carboxylic acids is 1. The van der Waals surface area contributed by atoms with Gasteiger partial charge in [-0.2, -0.15) is 0 Å². The average molecular weight is 445 g/mol. The Hall–Kier alpha value is -2.23. The Morgan fingerprint density at radius 3 is 2.64 bits per heavy atom. The molecule has 5 atom stereocenters. The first kappa shape index (κ1) is 22.6. The molecule has 2 saturated carbocycles. The molecule has 33 heavy (non-hydrogen) atoms. The second-order valence-electron chi connectivity index (χ2n) is 10.9. The first-order chi connectivity index (χ1) is 15.8. The van der Waals surface area contributed by atoms with Crippen LogP contribution in [0, 0.1) is 17.3 Å². The number of ketones is 1. The van der Waals surface area contributed by atoms with Crippen molar-refractivity contribution in [2.45, 2.75) is 70.3 Å². The summed E-state index contributed by atoms with van der Waals surface area (Å²) in [6, 6.07) is 8.82. The molecule has 0 aliphatic heterocycles. The molecule has 0 saturated heterocycles. The minimum absolute atomic E-state index is 0.0459. The highest BCUT2D eigenvalue weighted by atomic mass is 16.3. The molecule has 4 aliphatic rings. The number of carbonyl (C=O) groups is 1. The van der Waals surface area contributed by atoms with E-state index in [1.807, 2.05) is 19.1 Å². The molecule has 0 spiro atoms. The van der Waals surface area contributed by atoms with E-state index < -0.39 is 5.60 Å². The molecular formula is C30H36O3. The fourth-order valence-corrected chi connectivity index (χ4v) is 7.52. The largest absolute Gasteiger partial charge is 0.392 e. The third-order valence-corrected chi connectivity index (χ3v) is 9.25. The minimum Gasteiger partial charge on any atom is -0.392 e. The molecule has 0 radical (unpaired) electrons. The van der Waals surface area contributed by atoms with Crippen LogP contribution in [-0.2, 0) is 4.79 Å². The predicted octanol–water partition coefficient (Wildman–Crippen LogP) is 5.90. The summed E-state index contributed by atoms with van der Waals surface area (Å²) >= 11 is 0. The van der Waals surface area contributed by atoms with Crippen LogP contribution in [-0.4, -0.2) is 28.2 Å². The third-order valence-electron chi connectivity index (χ3n) is 9.25. The summed E-state index contributed by atoms with van der Waals surface area (Å²) in [5.41, 5.74) is 6.60. The summed E-state index contributed by atoms with van der Waals surface area (Å²) in [5, 5.41) is 21.2. The predicted molar refractivity (Wildman–Crippen MR) is 133 cm³/mol. The van der Waals surface area contributed by atoms with Gasteiger partial charge in [-0.15, -0.1) is 0 Å². The molecule has 2 N–H and O–H groups in total. The van der Waals surface area contributed by atoms with Gasteiger partial charge in [0.2, 0.25) is 0 Å². The summed E-state index contributed by atoms with van der Waals surface area (Å²) in [5.74, 6) is 1.35. The lowest BCUT2D eigenvalue weighted by Crippen LogP contribution is -2.50. The Morgan fingerprint density at radius 1 is 1.18 bits per heavy atom. The van der Waals surface area contributed by atoms with E-state index in [2.05, 4.69) is 37.8 Å². The fraction of sp³-hybridized carbons (Fsp3) is 0.500. The molecule has 0 amide bonds. The van der Waals surface area contributed by atoms with Crippen LogP contribution in [0.15, 0.2) is 65.8 Å². The lowest BCUT2D eigenvalue weighted by molar-refractivity contribution is -0.114. The van der Waals surface area contributed by atoms with Crippen LogP contribution in [0.1, 0.15) is 75.8 Å². The summed E-state index contributed by atoms with van der Waals surface area (Å²) in [4.78, 5) is 12.2. The third kappa shape index (κ3) is 3.52. The van der Waals surface area contributed by atoms with E-state index in [0.29, 0.717) is 18.3 Å². The van der Waals surface area contributed by atoms with Crippen LogP contribution < -0.4 is 0 Å². The number of hydrogen-bond acceptors (Lipinski definition) is 3. The molecule has 3 nitrogen and oxygen atoms in total. The van der Waals surface area contributed by atoms with Gasteiger partial charge in [0.05, 0.1) is 12.2 Å². The van der Waals surface area contributed by atoms with Crippen LogP contribution in [0.4, 0.5) is 0 Å². The molecular weight excluding hydrogens is 408 g/mol. The molecule has 0 unspecified atom stereocenters. The quantitative estimate of drug-likeness (QED) is 0.569. The number of rotatable bonds is 4. The normalized spacial score (nSPS) is 35.8.